The molecule has 34 heavy (non-hydrogen) atoms. The lowest BCUT2D eigenvalue weighted by Gasteiger charge is -2.28. The molecule has 1 fully saturated rings. The zero-order valence-corrected chi connectivity index (χ0v) is 19.2. The van der Waals surface area contributed by atoms with E-state index in [0.717, 1.165) is 38.2 Å². The van der Waals surface area contributed by atoms with Gasteiger partial charge >= 0.3 is 5.97 Å². The Morgan fingerprint density at radius 2 is 1.62 bits per heavy atom. The fourth-order valence-corrected chi connectivity index (χ4v) is 4.65. The minimum Gasteiger partial charge on any atom is -0.494 e. The Morgan fingerprint density at radius 3 is 2.24 bits per heavy atom. The molecule has 1 aliphatic rings. The number of rotatable bonds is 6. The first-order valence-electron chi connectivity index (χ1n) is 11.5. The van der Waals surface area contributed by atoms with Crippen molar-refractivity contribution in [2.75, 3.05) is 7.11 Å². The van der Waals surface area contributed by atoms with Gasteiger partial charge in [0.05, 0.1) is 12.7 Å². The van der Waals surface area contributed by atoms with Crippen molar-refractivity contribution in [2.45, 2.75) is 44.9 Å². The van der Waals surface area contributed by atoms with E-state index in [-0.39, 0.29) is 28.5 Å². The molecule has 6 heteroatoms. The molecule has 1 saturated carbocycles. The molecule has 0 unspecified atom stereocenters. The second-order valence-electron chi connectivity index (χ2n) is 8.72. The summed E-state index contributed by atoms with van der Waals surface area (Å²) in [6.07, 6.45) is 4.99. The van der Waals surface area contributed by atoms with Crippen molar-refractivity contribution in [3.8, 4) is 22.6 Å². The molecule has 0 aromatic heterocycles. The average Bonchev–Trinajstić information content (AvgIpc) is 2.86. The number of benzene rings is 3. The molecule has 1 aliphatic carbocycles. The summed E-state index contributed by atoms with van der Waals surface area (Å²) < 4.78 is 53.9. The minimum absolute atomic E-state index is 0.0230. The molecule has 0 spiro atoms. The maximum absolute atomic E-state index is 15.0. The maximum atomic E-state index is 15.0. The summed E-state index contributed by atoms with van der Waals surface area (Å²) in [4.78, 5) is 12.3. The number of carbonyl (C=O) groups is 1. The van der Waals surface area contributed by atoms with Gasteiger partial charge in [-0.05, 0) is 79.0 Å². The van der Waals surface area contributed by atoms with E-state index < -0.39 is 23.4 Å². The van der Waals surface area contributed by atoms with E-state index in [2.05, 4.69) is 6.92 Å². The molecule has 0 atom stereocenters. The third-order valence-corrected chi connectivity index (χ3v) is 6.74. The Kier molecular flexibility index (Phi) is 7.25. The Morgan fingerprint density at radius 1 is 0.912 bits per heavy atom. The van der Waals surface area contributed by atoms with Crippen LogP contribution in [-0.2, 0) is 0 Å². The monoisotopic (exact) mass is 468 g/mol. The summed E-state index contributed by atoms with van der Waals surface area (Å²) in [7, 11) is 1.33. The van der Waals surface area contributed by atoms with Crippen molar-refractivity contribution in [1.82, 2.24) is 0 Å². The van der Waals surface area contributed by atoms with Gasteiger partial charge < -0.3 is 9.47 Å². The molecule has 3 nitrogen and oxygen atoms in total. The van der Waals surface area contributed by atoms with Gasteiger partial charge in [-0.15, -0.1) is 0 Å². The molecule has 178 valence electrons. The maximum Gasteiger partial charge on any atom is 0.343 e. The zero-order chi connectivity index (χ0) is 24.2. The second kappa shape index (κ2) is 10.3. The van der Waals surface area contributed by atoms with Gasteiger partial charge in [0, 0.05) is 5.56 Å². The molecule has 0 bridgehead atoms. The van der Waals surface area contributed by atoms with Crippen LogP contribution in [0.4, 0.5) is 13.2 Å². The highest BCUT2D eigenvalue weighted by molar-refractivity contribution is 5.91. The molecule has 0 amide bonds. The van der Waals surface area contributed by atoms with Gasteiger partial charge in [0.1, 0.15) is 5.75 Å². The van der Waals surface area contributed by atoms with Gasteiger partial charge in [-0.1, -0.05) is 37.6 Å². The third-order valence-electron chi connectivity index (χ3n) is 6.74. The van der Waals surface area contributed by atoms with E-state index in [4.69, 9.17) is 9.47 Å². The summed E-state index contributed by atoms with van der Waals surface area (Å²) in [5, 5.41) is 0. The number of ether oxygens (including phenoxy) is 2. The molecular weight excluding hydrogens is 441 g/mol. The van der Waals surface area contributed by atoms with Gasteiger partial charge in [0.15, 0.2) is 23.2 Å². The second-order valence-corrected chi connectivity index (χ2v) is 8.72. The quantitative estimate of drug-likeness (QED) is 0.275. The van der Waals surface area contributed by atoms with Crippen LogP contribution in [0.5, 0.6) is 11.5 Å². The van der Waals surface area contributed by atoms with E-state index >= 15 is 0 Å². The van der Waals surface area contributed by atoms with Crippen molar-refractivity contribution >= 4 is 5.97 Å². The third kappa shape index (κ3) is 4.96. The predicted octanol–water partition coefficient (Wildman–Crippen LogP) is 7.68. The molecule has 4 rings (SSSR count). The van der Waals surface area contributed by atoms with Crippen LogP contribution in [0.1, 0.15) is 60.9 Å². The number of carbonyl (C=O) groups excluding carboxylic acids is 1. The summed E-state index contributed by atoms with van der Waals surface area (Å²) in [5.41, 5.74) is 1.10. The van der Waals surface area contributed by atoms with Crippen LogP contribution in [0, 0.1) is 23.4 Å². The molecule has 0 saturated heterocycles. The first-order chi connectivity index (χ1) is 16.4. The van der Waals surface area contributed by atoms with Crippen molar-refractivity contribution in [3.63, 3.8) is 0 Å². The molecule has 0 N–H and O–H groups in total. The van der Waals surface area contributed by atoms with E-state index in [1.807, 2.05) is 0 Å². The largest absolute Gasteiger partial charge is 0.494 e. The highest BCUT2D eigenvalue weighted by Gasteiger charge is 2.26. The summed E-state index contributed by atoms with van der Waals surface area (Å²) in [6.45, 7) is 2.17. The van der Waals surface area contributed by atoms with Crippen LogP contribution in [0.3, 0.4) is 0 Å². The Labute approximate surface area is 197 Å². The summed E-state index contributed by atoms with van der Waals surface area (Å²) in [5.74, 6) is -2.11. The highest BCUT2D eigenvalue weighted by Crippen LogP contribution is 2.39. The van der Waals surface area contributed by atoms with Gasteiger partial charge in [0.2, 0.25) is 0 Å². The first kappa shape index (κ1) is 23.9. The number of methoxy groups -OCH3 is 1. The van der Waals surface area contributed by atoms with Crippen molar-refractivity contribution in [1.29, 1.82) is 0 Å². The fraction of sp³-hybridized carbons (Fsp3) is 0.321. The van der Waals surface area contributed by atoms with E-state index in [9.17, 15) is 18.0 Å². The van der Waals surface area contributed by atoms with Gasteiger partial charge in [-0.25, -0.2) is 18.0 Å². The lowest BCUT2D eigenvalue weighted by atomic mass is 9.77. The SMILES string of the molecule is CCC1CCC(c2ccc(-c3ccc(OC(=O)c4ccc(OC)c(F)c4)cc3)c(F)c2F)CC1. The van der Waals surface area contributed by atoms with Crippen LogP contribution in [0.2, 0.25) is 0 Å². The normalized spacial score (nSPS) is 17.9. The fourth-order valence-electron chi connectivity index (χ4n) is 4.65. The smallest absolute Gasteiger partial charge is 0.343 e. The lowest BCUT2D eigenvalue weighted by Crippen LogP contribution is -2.14. The van der Waals surface area contributed by atoms with Gasteiger partial charge in [-0.2, -0.15) is 0 Å². The van der Waals surface area contributed by atoms with Crippen LogP contribution < -0.4 is 9.47 Å². The predicted molar refractivity (Wildman–Crippen MR) is 125 cm³/mol. The molecule has 3 aromatic rings. The highest BCUT2D eigenvalue weighted by atomic mass is 19.2. The standard InChI is InChI=1S/C28H27F3O3/c1-3-17-4-6-18(7-5-17)22-13-14-23(27(31)26(22)30)19-8-11-21(12-9-19)34-28(32)20-10-15-25(33-2)24(29)16-20/h8-18H,3-7H2,1-2H3. The zero-order valence-electron chi connectivity index (χ0n) is 19.2. The topological polar surface area (TPSA) is 35.5 Å². The lowest BCUT2D eigenvalue weighted by molar-refractivity contribution is 0.0734. The Hall–Kier alpha value is -3.28. The Bertz CT molecular complexity index is 1170. The van der Waals surface area contributed by atoms with E-state index in [0.29, 0.717) is 17.0 Å². The van der Waals surface area contributed by atoms with Crippen molar-refractivity contribution in [2.24, 2.45) is 5.92 Å². The number of esters is 1. The first-order valence-corrected chi connectivity index (χ1v) is 11.5. The van der Waals surface area contributed by atoms with E-state index in [1.165, 1.54) is 31.4 Å². The molecular formula is C28H27F3O3. The number of halogens is 3. The van der Waals surface area contributed by atoms with Gasteiger partial charge in [0.25, 0.3) is 0 Å². The summed E-state index contributed by atoms with van der Waals surface area (Å²) >= 11 is 0. The van der Waals surface area contributed by atoms with Crippen LogP contribution >= 0.6 is 0 Å². The van der Waals surface area contributed by atoms with Gasteiger partial charge in [-0.3, -0.25) is 0 Å². The minimum atomic E-state index is -0.867. The Balaban J connectivity index is 1.48. The van der Waals surface area contributed by atoms with Crippen LogP contribution in [-0.4, -0.2) is 13.1 Å². The van der Waals surface area contributed by atoms with Crippen molar-refractivity contribution < 1.29 is 27.4 Å². The van der Waals surface area contributed by atoms with Crippen LogP contribution in [0.25, 0.3) is 11.1 Å². The average molecular weight is 469 g/mol. The van der Waals surface area contributed by atoms with Crippen molar-refractivity contribution in [3.05, 3.63) is 83.2 Å². The summed E-state index contributed by atoms with van der Waals surface area (Å²) in [6, 6.07) is 13.2. The molecule has 3 aromatic carbocycles. The van der Waals surface area contributed by atoms with E-state index in [1.54, 1.807) is 24.3 Å². The molecule has 0 aliphatic heterocycles. The number of hydrogen-bond donors (Lipinski definition) is 0. The number of hydrogen-bond acceptors (Lipinski definition) is 3. The molecule has 0 heterocycles. The molecule has 0 radical (unpaired) electrons. The van der Waals surface area contributed by atoms with Crippen LogP contribution in [0.15, 0.2) is 54.6 Å².